The third-order valence-electron chi connectivity index (χ3n) is 9.72. The van der Waals surface area contributed by atoms with Gasteiger partial charge in [0.1, 0.15) is 5.71 Å². The highest BCUT2D eigenvalue weighted by Crippen LogP contribution is 2.45. The van der Waals surface area contributed by atoms with E-state index >= 15 is 0 Å². The molecule has 0 amide bonds. The number of hydrogen-bond donors (Lipinski definition) is 2. The van der Waals surface area contributed by atoms with Crippen LogP contribution in [0.1, 0.15) is 23.1 Å². The Morgan fingerprint density at radius 1 is 0.612 bits per heavy atom. The van der Waals surface area contributed by atoms with Crippen LogP contribution in [0.2, 0.25) is 0 Å². The molecule has 232 valence electrons. The number of rotatable bonds is 5. The molecule has 6 aromatic carbocycles. The lowest BCUT2D eigenvalue weighted by Gasteiger charge is -2.25. The normalized spacial score (nSPS) is 14.8. The summed E-state index contributed by atoms with van der Waals surface area (Å²) in [5, 5.41) is 20.7. The number of anilines is 1. The molecule has 2 aliphatic rings. The predicted molar refractivity (Wildman–Crippen MR) is 207 cm³/mol. The van der Waals surface area contributed by atoms with Gasteiger partial charge in [0.15, 0.2) is 0 Å². The summed E-state index contributed by atoms with van der Waals surface area (Å²) in [5.74, 6) is 0. The van der Waals surface area contributed by atoms with Crippen LogP contribution in [0.3, 0.4) is 0 Å². The van der Waals surface area contributed by atoms with Crippen molar-refractivity contribution < 1.29 is 0 Å². The van der Waals surface area contributed by atoms with Crippen LogP contribution in [-0.4, -0.2) is 16.4 Å². The number of pyridine rings is 1. The molecule has 0 atom stereocenters. The Bertz CT molecular complexity index is 2570. The average molecular weight is 629 g/mol. The Morgan fingerprint density at radius 2 is 1.31 bits per heavy atom. The lowest BCUT2D eigenvalue weighted by Crippen LogP contribution is -2.14. The molecular formula is C45H32N4. The van der Waals surface area contributed by atoms with Crippen molar-refractivity contribution >= 4 is 61.1 Å². The number of allylic oxidation sites excluding steroid dienone is 5. The Hall–Kier alpha value is -6.39. The molecule has 0 saturated heterocycles. The average Bonchev–Trinajstić information content (AvgIpc) is 3.16. The van der Waals surface area contributed by atoms with Gasteiger partial charge in [0.25, 0.3) is 0 Å². The van der Waals surface area contributed by atoms with E-state index in [1.165, 1.54) is 54.7 Å². The summed E-state index contributed by atoms with van der Waals surface area (Å²) in [6, 6.07) is 40.6. The second-order valence-corrected chi connectivity index (χ2v) is 12.6. The highest BCUT2D eigenvalue weighted by atomic mass is 15.3. The first-order chi connectivity index (χ1) is 24.2. The molecule has 0 radical (unpaired) electrons. The first-order valence-corrected chi connectivity index (χ1v) is 16.7. The highest BCUT2D eigenvalue weighted by Gasteiger charge is 2.24. The lowest BCUT2D eigenvalue weighted by atomic mass is 9.78. The first-order valence-electron chi connectivity index (χ1n) is 16.7. The van der Waals surface area contributed by atoms with Crippen molar-refractivity contribution in [3.8, 4) is 22.3 Å². The molecule has 0 spiro atoms. The van der Waals surface area contributed by atoms with E-state index in [2.05, 4.69) is 132 Å². The second-order valence-electron chi connectivity index (χ2n) is 12.6. The van der Waals surface area contributed by atoms with Crippen LogP contribution in [0.5, 0.6) is 0 Å². The van der Waals surface area contributed by atoms with Gasteiger partial charge in [-0.1, -0.05) is 121 Å². The van der Waals surface area contributed by atoms with Crippen LogP contribution >= 0.6 is 0 Å². The highest BCUT2D eigenvalue weighted by molar-refractivity contribution is 6.52. The fraction of sp³-hybridized carbons (Fsp3) is 0.0444. The van der Waals surface area contributed by atoms with Gasteiger partial charge in [-0.3, -0.25) is 15.8 Å². The largest absolute Gasteiger partial charge is 0.299 e. The first kappa shape index (κ1) is 28.8. The molecule has 2 N–H and O–H groups in total. The number of hydrazone groups is 1. The molecule has 0 aliphatic heterocycles. The maximum absolute atomic E-state index is 8.74. The Kier molecular flexibility index (Phi) is 7.06. The zero-order chi connectivity index (χ0) is 32.7. The maximum atomic E-state index is 8.74. The summed E-state index contributed by atoms with van der Waals surface area (Å²) in [6.45, 7) is 0. The van der Waals surface area contributed by atoms with Crippen LogP contribution in [-0.2, 0) is 6.42 Å². The molecule has 2 aliphatic carbocycles. The Labute approximate surface area is 285 Å². The van der Waals surface area contributed by atoms with Crippen LogP contribution < -0.4 is 5.43 Å². The van der Waals surface area contributed by atoms with Gasteiger partial charge in [0, 0.05) is 23.3 Å². The zero-order valence-corrected chi connectivity index (χ0v) is 26.8. The number of benzene rings is 6. The number of aromatic nitrogens is 1. The topological polar surface area (TPSA) is 61.1 Å². The van der Waals surface area contributed by atoms with Crippen LogP contribution in [0.4, 0.5) is 5.69 Å². The van der Waals surface area contributed by atoms with E-state index < -0.39 is 0 Å². The van der Waals surface area contributed by atoms with Gasteiger partial charge in [-0.15, -0.1) is 0 Å². The van der Waals surface area contributed by atoms with Crippen molar-refractivity contribution in [1.82, 2.24) is 4.98 Å². The number of nitrogens with zero attached hydrogens (tertiary/aromatic N) is 2. The lowest BCUT2D eigenvalue weighted by molar-refractivity contribution is 0.985. The molecule has 4 heteroatoms. The van der Waals surface area contributed by atoms with Crippen molar-refractivity contribution in [3.63, 3.8) is 0 Å². The summed E-state index contributed by atoms with van der Waals surface area (Å²) in [6.07, 6.45) is 16.4. The third kappa shape index (κ3) is 5.06. The van der Waals surface area contributed by atoms with Gasteiger partial charge in [-0.05, 0) is 103 Å². The van der Waals surface area contributed by atoms with Crippen molar-refractivity contribution in [2.45, 2.75) is 12.8 Å². The van der Waals surface area contributed by atoms with Gasteiger partial charge in [0.05, 0.1) is 11.4 Å². The predicted octanol–water partition coefficient (Wildman–Crippen LogP) is 11.3. The minimum absolute atomic E-state index is 0.375. The molecule has 0 bridgehead atoms. The molecule has 0 fully saturated rings. The van der Waals surface area contributed by atoms with Gasteiger partial charge < -0.3 is 0 Å². The number of nitrogens with one attached hydrogen (secondary N) is 2. The van der Waals surface area contributed by atoms with Crippen LogP contribution in [0, 0.1) is 5.41 Å². The summed E-state index contributed by atoms with van der Waals surface area (Å²) in [7, 11) is 0. The van der Waals surface area contributed by atoms with Gasteiger partial charge in [-0.25, -0.2) is 0 Å². The molecule has 0 saturated carbocycles. The van der Waals surface area contributed by atoms with Crippen LogP contribution in [0.25, 0.3) is 66.2 Å². The molecule has 4 nitrogen and oxygen atoms in total. The molecule has 1 aromatic heterocycles. The van der Waals surface area contributed by atoms with Gasteiger partial charge in [-0.2, -0.15) is 5.10 Å². The molecule has 49 heavy (non-hydrogen) atoms. The summed E-state index contributed by atoms with van der Waals surface area (Å²) >= 11 is 0. The van der Waals surface area contributed by atoms with E-state index in [1.54, 1.807) is 0 Å². The number of fused-ring (bicyclic) bond motifs is 4. The van der Waals surface area contributed by atoms with E-state index in [0.29, 0.717) is 11.4 Å². The standard InChI is InChI=1S/C45H32N4/c46-42-25-22-31(26-43(42)49-48-33-23-20-30(21-24-33)41-28-47-27-32-11-2-4-14-35(32)41)44-37-15-5-7-17-39(37)45(40-18-8-6-16-38(40)44)36-19-9-12-29-10-1-3-13-34(29)36/h1-5,7-15,17-28,46,48H,6,16H2/b46-42?,49-43-. The number of hydrogen-bond acceptors (Lipinski definition) is 4. The van der Waals surface area contributed by atoms with E-state index in [-0.39, 0.29) is 0 Å². The van der Waals surface area contributed by atoms with Crippen molar-refractivity contribution in [1.29, 1.82) is 5.41 Å². The molecule has 9 rings (SSSR count). The fourth-order valence-electron chi connectivity index (χ4n) is 7.42. The summed E-state index contributed by atoms with van der Waals surface area (Å²) < 4.78 is 0. The van der Waals surface area contributed by atoms with Crippen LogP contribution in [0.15, 0.2) is 157 Å². The van der Waals surface area contributed by atoms with Gasteiger partial charge in [0.2, 0.25) is 0 Å². The minimum Gasteiger partial charge on any atom is -0.299 e. The SMILES string of the molecule is N=C1C=CC(c2c3c(c(-c4cccc5ccccc45)c4ccccc24)C=CCC3)=C/C1=N/Nc1ccc(-c2cncc3ccccc23)cc1. The summed E-state index contributed by atoms with van der Waals surface area (Å²) in [4.78, 5) is 4.45. The Balaban J connectivity index is 1.11. The quantitative estimate of drug-likeness (QED) is 0.147. The molecule has 7 aromatic rings. The Morgan fingerprint density at radius 3 is 2.12 bits per heavy atom. The molecule has 1 heterocycles. The molecule has 0 unspecified atom stereocenters. The zero-order valence-electron chi connectivity index (χ0n) is 26.8. The second kappa shape index (κ2) is 12.0. The van der Waals surface area contributed by atoms with E-state index in [9.17, 15) is 0 Å². The van der Waals surface area contributed by atoms with Crippen molar-refractivity contribution in [2.75, 3.05) is 5.43 Å². The summed E-state index contributed by atoms with van der Waals surface area (Å²) in [5.41, 5.74) is 14.7. The van der Waals surface area contributed by atoms with Gasteiger partial charge >= 0.3 is 0 Å². The van der Waals surface area contributed by atoms with E-state index in [1.807, 2.05) is 36.7 Å². The van der Waals surface area contributed by atoms with E-state index in [4.69, 9.17) is 10.5 Å². The van der Waals surface area contributed by atoms with E-state index in [0.717, 1.165) is 40.6 Å². The third-order valence-corrected chi connectivity index (χ3v) is 9.72. The van der Waals surface area contributed by atoms with Crippen molar-refractivity contribution in [2.24, 2.45) is 5.10 Å². The smallest absolute Gasteiger partial charge is 0.109 e. The van der Waals surface area contributed by atoms with Crippen molar-refractivity contribution in [3.05, 3.63) is 169 Å². The fourth-order valence-corrected chi connectivity index (χ4v) is 7.42. The molecular weight excluding hydrogens is 597 g/mol. The maximum Gasteiger partial charge on any atom is 0.109 e. The minimum atomic E-state index is 0.375. The monoisotopic (exact) mass is 628 g/mol.